The first-order valence-electron chi connectivity index (χ1n) is 5.92. The molecule has 0 radical (unpaired) electrons. The molecule has 6 heteroatoms. The molecule has 2 aromatic heterocycles. The fraction of sp³-hybridized carbons (Fsp3) is 0.417. The molecule has 18 heavy (non-hydrogen) atoms. The van der Waals surface area contributed by atoms with Gasteiger partial charge < -0.3 is 5.32 Å². The first-order valence-corrected chi connectivity index (χ1v) is 6.74. The summed E-state index contributed by atoms with van der Waals surface area (Å²) in [7, 11) is 3.80. The minimum absolute atomic E-state index is 0.915. The van der Waals surface area contributed by atoms with Gasteiger partial charge in [0.1, 0.15) is 17.2 Å². The summed E-state index contributed by atoms with van der Waals surface area (Å²) < 4.78 is 1.79. The molecule has 0 unspecified atom stereocenters. The number of aromatic nitrogens is 4. The van der Waals surface area contributed by atoms with Crippen molar-refractivity contribution in [1.82, 2.24) is 19.7 Å². The van der Waals surface area contributed by atoms with E-state index in [1.165, 1.54) is 5.56 Å². The van der Waals surface area contributed by atoms with Crippen LogP contribution in [-0.2, 0) is 13.5 Å². The Bertz CT molecular complexity index is 523. The SMILES string of the molecule is CCCc1c(NC)ncnc1Sc1cnn(C)c1. The zero-order chi connectivity index (χ0) is 13.0. The van der Waals surface area contributed by atoms with Gasteiger partial charge in [0.05, 0.1) is 11.1 Å². The largest absolute Gasteiger partial charge is 0.373 e. The number of rotatable bonds is 5. The molecule has 1 N–H and O–H groups in total. The van der Waals surface area contributed by atoms with Gasteiger partial charge in [-0.3, -0.25) is 4.68 Å². The lowest BCUT2D eigenvalue weighted by Crippen LogP contribution is -2.02. The van der Waals surface area contributed by atoms with Crippen LogP contribution in [0.1, 0.15) is 18.9 Å². The predicted molar refractivity (Wildman–Crippen MR) is 72.9 cm³/mol. The van der Waals surface area contributed by atoms with Gasteiger partial charge in [-0.05, 0) is 6.42 Å². The molecule has 0 saturated heterocycles. The molecule has 2 aromatic rings. The van der Waals surface area contributed by atoms with Crippen LogP contribution in [0, 0.1) is 0 Å². The van der Waals surface area contributed by atoms with Crippen molar-refractivity contribution in [1.29, 1.82) is 0 Å². The van der Waals surface area contributed by atoms with Crippen LogP contribution < -0.4 is 5.32 Å². The maximum Gasteiger partial charge on any atom is 0.133 e. The van der Waals surface area contributed by atoms with E-state index in [2.05, 4.69) is 27.3 Å². The molecule has 0 spiro atoms. The van der Waals surface area contributed by atoms with E-state index in [4.69, 9.17) is 0 Å². The monoisotopic (exact) mass is 263 g/mol. The molecule has 5 nitrogen and oxygen atoms in total. The van der Waals surface area contributed by atoms with Crippen molar-refractivity contribution in [3.63, 3.8) is 0 Å². The van der Waals surface area contributed by atoms with Crippen molar-refractivity contribution in [3.05, 3.63) is 24.3 Å². The highest BCUT2D eigenvalue weighted by Gasteiger charge is 2.11. The molecule has 0 aliphatic rings. The lowest BCUT2D eigenvalue weighted by atomic mass is 10.2. The van der Waals surface area contributed by atoms with Crippen molar-refractivity contribution in [2.75, 3.05) is 12.4 Å². The van der Waals surface area contributed by atoms with Gasteiger partial charge in [0, 0.05) is 25.9 Å². The van der Waals surface area contributed by atoms with Crippen molar-refractivity contribution in [2.45, 2.75) is 29.7 Å². The molecule has 0 aliphatic carbocycles. The fourth-order valence-electron chi connectivity index (χ4n) is 1.74. The van der Waals surface area contributed by atoms with Gasteiger partial charge in [-0.2, -0.15) is 5.10 Å². The molecule has 0 bridgehead atoms. The number of aryl methyl sites for hydroxylation is 1. The second-order valence-corrected chi connectivity index (χ2v) is 5.02. The summed E-state index contributed by atoms with van der Waals surface area (Å²) in [5, 5.41) is 8.30. The third kappa shape index (κ3) is 2.81. The van der Waals surface area contributed by atoms with Crippen LogP contribution in [0.5, 0.6) is 0 Å². The quantitative estimate of drug-likeness (QED) is 0.839. The highest BCUT2D eigenvalue weighted by atomic mass is 32.2. The van der Waals surface area contributed by atoms with Crippen LogP contribution in [0.3, 0.4) is 0 Å². The molecule has 0 atom stereocenters. The zero-order valence-electron chi connectivity index (χ0n) is 10.8. The Morgan fingerprint density at radius 2 is 2.22 bits per heavy atom. The molecule has 0 saturated carbocycles. The number of anilines is 1. The molecule has 0 aromatic carbocycles. The van der Waals surface area contributed by atoms with Gasteiger partial charge in [0.2, 0.25) is 0 Å². The zero-order valence-corrected chi connectivity index (χ0v) is 11.7. The van der Waals surface area contributed by atoms with Crippen LogP contribution in [0.15, 0.2) is 28.6 Å². The summed E-state index contributed by atoms with van der Waals surface area (Å²) in [6, 6.07) is 0. The Morgan fingerprint density at radius 1 is 1.39 bits per heavy atom. The molecular weight excluding hydrogens is 246 g/mol. The third-order valence-electron chi connectivity index (χ3n) is 2.54. The maximum atomic E-state index is 4.39. The van der Waals surface area contributed by atoms with Gasteiger partial charge in [0.15, 0.2) is 0 Å². The fourth-order valence-corrected chi connectivity index (χ4v) is 2.69. The topological polar surface area (TPSA) is 55.6 Å². The molecule has 2 heterocycles. The first kappa shape index (κ1) is 12.9. The Hall–Kier alpha value is -1.56. The molecule has 2 rings (SSSR count). The van der Waals surface area contributed by atoms with E-state index >= 15 is 0 Å². The van der Waals surface area contributed by atoms with Crippen molar-refractivity contribution >= 4 is 17.6 Å². The number of nitrogens with zero attached hydrogens (tertiary/aromatic N) is 4. The van der Waals surface area contributed by atoms with E-state index in [0.29, 0.717) is 0 Å². The Morgan fingerprint density at radius 3 is 2.83 bits per heavy atom. The van der Waals surface area contributed by atoms with Gasteiger partial charge in [0.25, 0.3) is 0 Å². The molecule has 0 amide bonds. The van der Waals surface area contributed by atoms with E-state index in [0.717, 1.165) is 28.6 Å². The van der Waals surface area contributed by atoms with E-state index in [1.54, 1.807) is 22.8 Å². The average molecular weight is 263 g/mol. The van der Waals surface area contributed by atoms with E-state index in [1.807, 2.05) is 26.5 Å². The minimum atomic E-state index is 0.915. The average Bonchev–Trinajstić information content (AvgIpc) is 2.77. The van der Waals surface area contributed by atoms with Gasteiger partial charge in [-0.1, -0.05) is 25.1 Å². The third-order valence-corrected chi connectivity index (χ3v) is 3.53. The first-order chi connectivity index (χ1) is 8.74. The van der Waals surface area contributed by atoms with E-state index in [-0.39, 0.29) is 0 Å². The highest BCUT2D eigenvalue weighted by Crippen LogP contribution is 2.31. The lowest BCUT2D eigenvalue weighted by molar-refractivity contribution is 0.766. The van der Waals surface area contributed by atoms with Crippen molar-refractivity contribution in [3.8, 4) is 0 Å². The molecule has 0 aliphatic heterocycles. The Kier molecular flexibility index (Phi) is 4.19. The minimum Gasteiger partial charge on any atom is -0.373 e. The van der Waals surface area contributed by atoms with Crippen molar-refractivity contribution in [2.24, 2.45) is 7.05 Å². The Labute approximate surface area is 111 Å². The van der Waals surface area contributed by atoms with Crippen LogP contribution in [-0.4, -0.2) is 26.8 Å². The van der Waals surface area contributed by atoms with Crippen LogP contribution in [0.4, 0.5) is 5.82 Å². The normalized spacial score (nSPS) is 10.6. The van der Waals surface area contributed by atoms with Gasteiger partial charge in [-0.25, -0.2) is 9.97 Å². The smallest absolute Gasteiger partial charge is 0.133 e. The van der Waals surface area contributed by atoms with Crippen molar-refractivity contribution < 1.29 is 0 Å². The number of hydrogen-bond donors (Lipinski definition) is 1. The summed E-state index contributed by atoms with van der Waals surface area (Å²) in [6.07, 6.45) is 7.48. The van der Waals surface area contributed by atoms with Gasteiger partial charge in [-0.15, -0.1) is 0 Å². The standard InChI is InChI=1S/C12H17N5S/c1-4-5-10-11(13-2)14-8-15-12(10)18-9-6-16-17(3)7-9/h6-8H,4-5H2,1-3H3,(H,13,14,15). The summed E-state index contributed by atoms with van der Waals surface area (Å²) in [6.45, 7) is 2.16. The molecular formula is C12H17N5S. The molecule has 96 valence electrons. The summed E-state index contributed by atoms with van der Waals surface area (Å²) in [4.78, 5) is 9.75. The van der Waals surface area contributed by atoms with Gasteiger partial charge >= 0.3 is 0 Å². The maximum absolute atomic E-state index is 4.39. The predicted octanol–water partition coefficient (Wildman–Crippen LogP) is 2.36. The Balaban J connectivity index is 2.31. The number of nitrogens with one attached hydrogen (secondary N) is 1. The van der Waals surface area contributed by atoms with E-state index in [9.17, 15) is 0 Å². The van der Waals surface area contributed by atoms with Crippen LogP contribution in [0.2, 0.25) is 0 Å². The van der Waals surface area contributed by atoms with Crippen LogP contribution in [0.25, 0.3) is 0 Å². The summed E-state index contributed by atoms with van der Waals surface area (Å²) >= 11 is 1.63. The highest BCUT2D eigenvalue weighted by molar-refractivity contribution is 7.99. The van der Waals surface area contributed by atoms with Crippen LogP contribution >= 0.6 is 11.8 Å². The summed E-state index contributed by atoms with van der Waals surface area (Å²) in [5.41, 5.74) is 1.18. The summed E-state index contributed by atoms with van der Waals surface area (Å²) in [5.74, 6) is 0.915. The second kappa shape index (κ2) is 5.86. The second-order valence-electron chi connectivity index (χ2n) is 3.96. The van der Waals surface area contributed by atoms with E-state index < -0.39 is 0 Å². The molecule has 0 fully saturated rings. The number of hydrogen-bond acceptors (Lipinski definition) is 5. The lowest BCUT2D eigenvalue weighted by Gasteiger charge is -2.10.